The topological polar surface area (TPSA) is 71.3 Å². The monoisotopic (exact) mass is 350 g/mol. The van der Waals surface area contributed by atoms with Crippen LogP contribution in [0.4, 0.5) is 5.95 Å². The number of nitrogens with one attached hydrogen (secondary N) is 1. The fourth-order valence-electron chi connectivity index (χ4n) is 2.37. The average molecular weight is 351 g/mol. The van der Waals surface area contributed by atoms with Crippen molar-refractivity contribution in [3.8, 4) is 0 Å². The van der Waals surface area contributed by atoms with Crippen molar-refractivity contribution in [2.75, 3.05) is 18.0 Å². The van der Waals surface area contributed by atoms with Crippen LogP contribution in [0.25, 0.3) is 0 Å². The van der Waals surface area contributed by atoms with Gasteiger partial charge in [0.1, 0.15) is 0 Å². The van der Waals surface area contributed by atoms with Crippen molar-refractivity contribution < 1.29 is 9.21 Å². The highest BCUT2D eigenvalue weighted by Crippen LogP contribution is 2.17. The van der Waals surface area contributed by atoms with Crippen LogP contribution in [0.15, 0.2) is 39.7 Å². The molecule has 1 aliphatic rings. The Kier molecular flexibility index (Phi) is 4.19. The molecule has 1 aliphatic heterocycles. The lowest BCUT2D eigenvalue weighted by atomic mass is 10.1. The molecular weight excluding hydrogens is 336 g/mol. The Bertz CT molecular complexity index is 608. The van der Waals surface area contributed by atoms with E-state index in [-0.39, 0.29) is 11.9 Å². The zero-order chi connectivity index (χ0) is 14.7. The lowest BCUT2D eigenvalue weighted by Gasteiger charge is -2.32. The lowest BCUT2D eigenvalue weighted by Crippen LogP contribution is -2.45. The molecule has 6 nitrogen and oxygen atoms in total. The molecule has 0 bridgehead atoms. The average Bonchev–Trinajstić information content (AvgIpc) is 2.96. The fraction of sp³-hybridized carbons (Fsp3) is 0.357. The Balaban J connectivity index is 1.53. The number of furan rings is 1. The molecular formula is C14H15BrN4O2. The molecule has 0 aromatic carbocycles. The first-order valence-electron chi connectivity index (χ1n) is 6.80. The number of piperidine rings is 1. The summed E-state index contributed by atoms with van der Waals surface area (Å²) in [6.07, 6.45) is 5.22. The Labute approximate surface area is 130 Å². The minimum atomic E-state index is -0.171. The SMILES string of the molecule is O=C(NC1CCN(c2ncccn2)CC1)c1ccc(Br)o1. The third kappa shape index (κ3) is 3.41. The van der Waals surface area contributed by atoms with Gasteiger partial charge >= 0.3 is 0 Å². The van der Waals surface area contributed by atoms with E-state index in [4.69, 9.17) is 4.42 Å². The molecule has 0 saturated carbocycles. The summed E-state index contributed by atoms with van der Waals surface area (Å²) in [7, 11) is 0. The highest BCUT2D eigenvalue weighted by Gasteiger charge is 2.23. The molecule has 3 heterocycles. The molecule has 2 aromatic heterocycles. The molecule has 1 saturated heterocycles. The molecule has 0 spiro atoms. The van der Waals surface area contributed by atoms with E-state index < -0.39 is 0 Å². The van der Waals surface area contributed by atoms with E-state index in [0.29, 0.717) is 10.4 Å². The van der Waals surface area contributed by atoms with Crippen molar-refractivity contribution in [2.24, 2.45) is 0 Å². The lowest BCUT2D eigenvalue weighted by molar-refractivity contribution is 0.0901. The Morgan fingerprint density at radius 3 is 2.62 bits per heavy atom. The van der Waals surface area contributed by atoms with Crippen molar-refractivity contribution >= 4 is 27.8 Å². The van der Waals surface area contributed by atoms with Gasteiger partial charge in [0, 0.05) is 31.5 Å². The summed E-state index contributed by atoms with van der Waals surface area (Å²) in [5.41, 5.74) is 0. The molecule has 1 N–H and O–H groups in total. The smallest absolute Gasteiger partial charge is 0.287 e. The van der Waals surface area contributed by atoms with Gasteiger partial charge < -0.3 is 14.6 Å². The summed E-state index contributed by atoms with van der Waals surface area (Å²) in [5.74, 6) is 0.906. The molecule has 0 unspecified atom stereocenters. The number of anilines is 1. The van der Waals surface area contributed by atoms with Crippen LogP contribution in [0.3, 0.4) is 0 Å². The molecule has 7 heteroatoms. The van der Waals surface area contributed by atoms with Crippen molar-refractivity contribution in [1.82, 2.24) is 15.3 Å². The molecule has 1 amide bonds. The Morgan fingerprint density at radius 1 is 1.29 bits per heavy atom. The van der Waals surface area contributed by atoms with Gasteiger partial charge in [-0.15, -0.1) is 0 Å². The van der Waals surface area contributed by atoms with Crippen LogP contribution in [0.1, 0.15) is 23.4 Å². The van der Waals surface area contributed by atoms with Crippen LogP contribution in [0.2, 0.25) is 0 Å². The number of rotatable bonds is 3. The van der Waals surface area contributed by atoms with Gasteiger partial charge in [-0.1, -0.05) is 0 Å². The number of carbonyl (C=O) groups excluding carboxylic acids is 1. The Morgan fingerprint density at radius 2 is 2.00 bits per heavy atom. The van der Waals surface area contributed by atoms with Gasteiger partial charge in [-0.2, -0.15) is 0 Å². The molecule has 0 radical (unpaired) electrons. The number of hydrogen-bond donors (Lipinski definition) is 1. The number of nitrogens with zero attached hydrogens (tertiary/aromatic N) is 3. The number of amides is 1. The minimum Gasteiger partial charge on any atom is -0.444 e. The van der Waals surface area contributed by atoms with Crippen molar-refractivity contribution in [1.29, 1.82) is 0 Å². The van der Waals surface area contributed by atoms with E-state index in [1.165, 1.54) is 0 Å². The normalized spacial score (nSPS) is 16.0. The summed E-state index contributed by atoms with van der Waals surface area (Å²) >= 11 is 3.19. The van der Waals surface area contributed by atoms with E-state index in [1.54, 1.807) is 30.6 Å². The molecule has 21 heavy (non-hydrogen) atoms. The first-order valence-corrected chi connectivity index (χ1v) is 7.60. The molecule has 110 valence electrons. The summed E-state index contributed by atoms with van der Waals surface area (Å²) < 4.78 is 5.81. The van der Waals surface area contributed by atoms with E-state index >= 15 is 0 Å². The summed E-state index contributed by atoms with van der Waals surface area (Å²) in [4.78, 5) is 22.6. The van der Waals surface area contributed by atoms with Gasteiger partial charge in [0.15, 0.2) is 10.4 Å². The second kappa shape index (κ2) is 6.26. The maximum Gasteiger partial charge on any atom is 0.287 e. The number of carbonyl (C=O) groups is 1. The zero-order valence-corrected chi connectivity index (χ0v) is 12.9. The molecule has 2 aromatic rings. The maximum atomic E-state index is 12.0. The fourth-order valence-corrected chi connectivity index (χ4v) is 2.68. The van der Waals surface area contributed by atoms with Gasteiger partial charge in [-0.3, -0.25) is 4.79 Å². The quantitative estimate of drug-likeness (QED) is 0.918. The highest BCUT2D eigenvalue weighted by molar-refractivity contribution is 9.10. The second-order valence-electron chi connectivity index (χ2n) is 4.89. The number of aromatic nitrogens is 2. The van der Waals surface area contributed by atoms with E-state index in [0.717, 1.165) is 31.9 Å². The zero-order valence-electron chi connectivity index (χ0n) is 11.3. The molecule has 1 fully saturated rings. The van der Waals surface area contributed by atoms with Gasteiger partial charge in [-0.05, 0) is 47.0 Å². The third-order valence-electron chi connectivity index (χ3n) is 3.46. The van der Waals surface area contributed by atoms with Crippen LogP contribution in [-0.2, 0) is 0 Å². The Hall–Kier alpha value is -1.89. The van der Waals surface area contributed by atoms with Crippen LogP contribution < -0.4 is 10.2 Å². The predicted octanol–water partition coefficient (Wildman–Crippen LogP) is 2.23. The van der Waals surface area contributed by atoms with Gasteiger partial charge in [0.2, 0.25) is 5.95 Å². The highest BCUT2D eigenvalue weighted by atomic mass is 79.9. The molecule has 3 rings (SSSR count). The number of halogens is 1. The third-order valence-corrected chi connectivity index (χ3v) is 3.89. The standard InChI is InChI=1S/C14H15BrN4O2/c15-12-3-2-11(21-12)13(20)18-10-4-8-19(9-5-10)14-16-6-1-7-17-14/h1-3,6-7,10H,4-5,8-9H2,(H,18,20). The molecule has 0 atom stereocenters. The first-order chi connectivity index (χ1) is 10.2. The van der Waals surface area contributed by atoms with E-state index in [2.05, 4.69) is 36.1 Å². The second-order valence-corrected chi connectivity index (χ2v) is 5.67. The van der Waals surface area contributed by atoms with Crippen LogP contribution >= 0.6 is 15.9 Å². The van der Waals surface area contributed by atoms with Crippen LogP contribution in [0.5, 0.6) is 0 Å². The van der Waals surface area contributed by atoms with Crippen molar-refractivity contribution in [2.45, 2.75) is 18.9 Å². The van der Waals surface area contributed by atoms with Crippen molar-refractivity contribution in [3.05, 3.63) is 41.0 Å². The first kappa shape index (κ1) is 14.1. The van der Waals surface area contributed by atoms with Crippen LogP contribution in [0, 0.1) is 0 Å². The molecule has 0 aliphatic carbocycles. The number of hydrogen-bond acceptors (Lipinski definition) is 5. The van der Waals surface area contributed by atoms with Gasteiger partial charge in [0.05, 0.1) is 0 Å². The summed E-state index contributed by atoms with van der Waals surface area (Å²) in [6, 6.07) is 5.33. The van der Waals surface area contributed by atoms with Gasteiger partial charge in [0.25, 0.3) is 5.91 Å². The summed E-state index contributed by atoms with van der Waals surface area (Å²) in [5, 5.41) is 3.00. The minimum absolute atomic E-state index is 0.154. The van der Waals surface area contributed by atoms with E-state index in [1.807, 2.05) is 0 Å². The van der Waals surface area contributed by atoms with Crippen LogP contribution in [-0.4, -0.2) is 35.0 Å². The van der Waals surface area contributed by atoms with Crippen molar-refractivity contribution in [3.63, 3.8) is 0 Å². The predicted molar refractivity (Wildman–Crippen MR) is 81.1 cm³/mol. The largest absolute Gasteiger partial charge is 0.444 e. The maximum absolute atomic E-state index is 12.0. The van der Waals surface area contributed by atoms with Gasteiger partial charge in [-0.25, -0.2) is 9.97 Å². The van der Waals surface area contributed by atoms with E-state index in [9.17, 15) is 4.79 Å². The summed E-state index contributed by atoms with van der Waals surface area (Å²) in [6.45, 7) is 1.66.